The number of oxazole rings is 1. The number of carboxylic acids is 1. The molecule has 9 heteroatoms. The van der Waals surface area contributed by atoms with Crippen LogP contribution in [0.1, 0.15) is 19.8 Å². The highest BCUT2D eigenvalue weighted by Gasteiger charge is 2.41. The maximum atomic E-state index is 12.8. The van der Waals surface area contributed by atoms with Crippen molar-refractivity contribution in [2.45, 2.75) is 30.7 Å². The molecule has 1 aliphatic rings. The minimum Gasteiger partial charge on any atom is -0.480 e. The van der Waals surface area contributed by atoms with Crippen LogP contribution in [-0.4, -0.2) is 41.4 Å². The predicted molar refractivity (Wildman–Crippen MR) is 80.5 cm³/mol. The van der Waals surface area contributed by atoms with E-state index in [0.29, 0.717) is 18.4 Å². The summed E-state index contributed by atoms with van der Waals surface area (Å²) in [6.07, 6.45) is 1.26. The Morgan fingerprint density at radius 3 is 2.87 bits per heavy atom. The number of hydrogen-bond acceptors (Lipinski definition) is 5. The molecule has 2 N–H and O–H groups in total. The first-order chi connectivity index (χ1) is 10.8. The van der Waals surface area contributed by atoms with Gasteiger partial charge in [-0.1, -0.05) is 6.92 Å². The number of aromatic nitrogens is 1. The van der Waals surface area contributed by atoms with E-state index in [-0.39, 0.29) is 22.9 Å². The Kier molecular flexibility index (Phi) is 3.77. The molecule has 0 spiro atoms. The smallest absolute Gasteiger partial charge is 0.417 e. The second-order valence-corrected chi connectivity index (χ2v) is 7.58. The first kappa shape index (κ1) is 15.8. The molecule has 23 heavy (non-hydrogen) atoms. The zero-order chi connectivity index (χ0) is 16.8. The lowest BCUT2D eigenvalue weighted by Crippen LogP contribution is -2.51. The molecule has 0 bridgehead atoms. The summed E-state index contributed by atoms with van der Waals surface area (Å²) in [5.41, 5.74) is 0.503. The van der Waals surface area contributed by atoms with Crippen LogP contribution in [0.4, 0.5) is 0 Å². The fourth-order valence-electron chi connectivity index (χ4n) is 3.01. The van der Waals surface area contributed by atoms with Crippen molar-refractivity contribution < 1.29 is 22.7 Å². The summed E-state index contributed by atoms with van der Waals surface area (Å²) in [6, 6.07) is 2.90. The molecule has 0 amide bonds. The third-order valence-electron chi connectivity index (χ3n) is 4.14. The van der Waals surface area contributed by atoms with Crippen LogP contribution >= 0.6 is 0 Å². The molecule has 3 rings (SSSR count). The van der Waals surface area contributed by atoms with E-state index in [4.69, 9.17) is 4.42 Å². The van der Waals surface area contributed by atoms with Gasteiger partial charge < -0.3 is 9.52 Å². The number of nitrogens with zero attached hydrogens (tertiary/aromatic N) is 1. The molecule has 8 nitrogen and oxygen atoms in total. The fourth-order valence-corrected chi connectivity index (χ4v) is 4.74. The molecule has 1 aromatic heterocycles. The van der Waals surface area contributed by atoms with Crippen LogP contribution < -0.4 is 5.76 Å². The van der Waals surface area contributed by atoms with E-state index in [9.17, 15) is 23.1 Å². The topological polar surface area (TPSA) is 121 Å². The highest BCUT2D eigenvalue weighted by atomic mass is 32.2. The number of fused-ring (bicyclic) bond motifs is 1. The molecule has 2 aromatic rings. The van der Waals surface area contributed by atoms with Crippen molar-refractivity contribution in [1.29, 1.82) is 0 Å². The monoisotopic (exact) mass is 340 g/mol. The normalized spacial score (nSPS) is 23.2. The number of carbonyl (C=O) groups is 1. The Balaban J connectivity index is 2.07. The SMILES string of the molecule is CC1CCCN(S(=O)(=O)c2ccc3[nH]c(=O)oc3c2)C1C(=O)O. The maximum Gasteiger partial charge on any atom is 0.417 e. The summed E-state index contributed by atoms with van der Waals surface area (Å²) in [5, 5.41) is 9.39. The van der Waals surface area contributed by atoms with Gasteiger partial charge in [0, 0.05) is 12.6 Å². The van der Waals surface area contributed by atoms with Gasteiger partial charge in [-0.2, -0.15) is 4.31 Å². The summed E-state index contributed by atoms with van der Waals surface area (Å²) < 4.78 is 31.6. The summed E-state index contributed by atoms with van der Waals surface area (Å²) in [5.74, 6) is -2.11. The van der Waals surface area contributed by atoms with Crippen LogP contribution in [0.25, 0.3) is 11.1 Å². The number of nitrogens with one attached hydrogen (secondary N) is 1. The van der Waals surface area contributed by atoms with E-state index in [1.807, 2.05) is 0 Å². The summed E-state index contributed by atoms with van der Waals surface area (Å²) in [4.78, 5) is 25.0. The molecule has 1 aliphatic heterocycles. The van der Waals surface area contributed by atoms with Crippen molar-refractivity contribution >= 4 is 27.1 Å². The van der Waals surface area contributed by atoms with Gasteiger partial charge in [-0.3, -0.25) is 9.78 Å². The van der Waals surface area contributed by atoms with Crippen LogP contribution in [0.5, 0.6) is 0 Å². The number of piperidine rings is 1. The van der Waals surface area contributed by atoms with Gasteiger partial charge in [0.1, 0.15) is 6.04 Å². The zero-order valence-corrected chi connectivity index (χ0v) is 13.2. The van der Waals surface area contributed by atoms with Crippen LogP contribution in [-0.2, 0) is 14.8 Å². The molecule has 0 radical (unpaired) electrons. The highest BCUT2D eigenvalue weighted by molar-refractivity contribution is 7.89. The average Bonchev–Trinajstić information content (AvgIpc) is 2.85. The van der Waals surface area contributed by atoms with Gasteiger partial charge in [0.15, 0.2) is 5.58 Å². The van der Waals surface area contributed by atoms with Crippen LogP contribution in [0, 0.1) is 5.92 Å². The molecule has 1 aromatic carbocycles. The Labute approximate surface area is 131 Å². The number of carboxylic acid groups (broad SMARTS) is 1. The molecular weight excluding hydrogens is 324 g/mol. The quantitative estimate of drug-likeness (QED) is 0.860. The van der Waals surface area contributed by atoms with E-state index >= 15 is 0 Å². The molecule has 2 heterocycles. The van der Waals surface area contributed by atoms with E-state index in [2.05, 4.69) is 4.98 Å². The third-order valence-corrected chi connectivity index (χ3v) is 6.02. The minimum absolute atomic E-state index is 0.0897. The number of sulfonamides is 1. The Morgan fingerprint density at radius 2 is 2.17 bits per heavy atom. The summed E-state index contributed by atoms with van der Waals surface area (Å²) in [6.45, 7) is 1.88. The number of H-pyrrole nitrogens is 1. The van der Waals surface area contributed by atoms with Gasteiger partial charge in [-0.15, -0.1) is 0 Å². The van der Waals surface area contributed by atoms with Crippen molar-refractivity contribution in [3.8, 4) is 0 Å². The maximum absolute atomic E-state index is 12.8. The second-order valence-electron chi connectivity index (χ2n) is 5.69. The van der Waals surface area contributed by atoms with Crippen molar-refractivity contribution in [3.05, 3.63) is 28.7 Å². The molecule has 1 saturated heterocycles. The van der Waals surface area contributed by atoms with Gasteiger partial charge in [0.2, 0.25) is 10.0 Å². The fraction of sp³-hybridized carbons (Fsp3) is 0.429. The molecular formula is C14H16N2O6S. The van der Waals surface area contributed by atoms with Crippen molar-refractivity contribution in [3.63, 3.8) is 0 Å². The Bertz CT molecular complexity index is 913. The van der Waals surface area contributed by atoms with Crippen LogP contribution in [0.15, 0.2) is 32.3 Å². The first-order valence-corrected chi connectivity index (χ1v) is 8.62. The van der Waals surface area contributed by atoms with Gasteiger partial charge in [-0.05, 0) is 30.9 Å². The van der Waals surface area contributed by atoms with Gasteiger partial charge in [0.05, 0.1) is 10.4 Å². The Morgan fingerprint density at radius 1 is 1.43 bits per heavy atom. The lowest BCUT2D eigenvalue weighted by Gasteiger charge is -2.36. The average molecular weight is 340 g/mol. The number of hydrogen-bond donors (Lipinski definition) is 2. The minimum atomic E-state index is -3.99. The van der Waals surface area contributed by atoms with Crippen LogP contribution in [0.2, 0.25) is 0 Å². The summed E-state index contributed by atoms with van der Waals surface area (Å²) in [7, 11) is -3.99. The molecule has 0 aliphatic carbocycles. The van der Waals surface area contributed by atoms with E-state index in [1.165, 1.54) is 18.2 Å². The summed E-state index contributed by atoms with van der Waals surface area (Å²) >= 11 is 0. The van der Waals surface area contributed by atoms with Gasteiger partial charge in [-0.25, -0.2) is 13.2 Å². The number of rotatable bonds is 3. The van der Waals surface area contributed by atoms with E-state index in [1.54, 1.807) is 6.92 Å². The van der Waals surface area contributed by atoms with Gasteiger partial charge in [0.25, 0.3) is 0 Å². The molecule has 124 valence electrons. The lowest BCUT2D eigenvalue weighted by atomic mass is 9.93. The zero-order valence-electron chi connectivity index (χ0n) is 12.4. The Hall–Kier alpha value is -2.13. The number of aromatic amines is 1. The van der Waals surface area contributed by atoms with Gasteiger partial charge >= 0.3 is 11.7 Å². The van der Waals surface area contributed by atoms with Crippen LogP contribution in [0.3, 0.4) is 0 Å². The molecule has 2 atom stereocenters. The van der Waals surface area contributed by atoms with Crippen molar-refractivity contribution in [2.24, 2.45) is 5.92 Å². The number of benzene rings is 1. The standard InChI is InChI=1S/C14H16N2O6S/c1-8-3-2-6-16(12(8)13(17)18)23(20,21)9-4-5-10-11(7-9)22-14(19)15-10/h4-5,7-8,12H,2-3,6H2,1H3,(H,15,19)(H,17,18). The number of aliphatic carboxylic acids is 1. The largest absolute Gasteiger partial charge is 0.480 e. The molecule has 0 saturated carbocycles. The lowest BCUT2D eigenvalue weighted by molar-refractivity contribution is -0.144. The molecule has 1 fully saturated rings. The second kappa shape index (κ2) is 5.50. The van der Waals surface area contributed by atoms with Crippen molar-refractivity contribution in [1.82, 2.24) is 9.29 Å². The predicted octanol–water partition coefficient (Wildman–Crippen LogP) is 0.995. The third kappa shape index (κ3) is 2.66. The molecule has 2 unspecified atom stereocenters. The highest BCUT2D eigenvalue weighted by Crippen LogP contribution is 2.30. The van der Waals surface area contributed by atoms with Crippen molar-refractivity contribution in [2.75, 3.05) is 6.54 Å². The first-order valence-electron chi connectivity index (χ1n) is 7.18. The van der Waals surface area contributed by atoms with E-state index < -0.39 is 27.8 Å². The van der Waals surface area contributed by atoms with E-state index in [0.717, 1.165) is 4.31 Å².